The number of carbonyl (C=O) groups is 2. The van der Waals surface area contributed by atoms with Crippen LogP contribution in [0, 0.1) is 12.7 Å². The van der Waals surface area contributed by atoms with E-state index in [1.807, 2.05) is 0 Å². The van der Waals surface area contributed by atoms with Crippen LogP contribution in [0.15, 0.2) is 18.2 Å². The van der Waals surface area contributed by atoms with Crippen molar-refractivity contribution in [3.8, 4) is 0 Å². The third-order valence-electron chi connectivity index (χ3n) is 2.62. The maximum Gasteiger partial charge on any atom is 0.303 e. The highest BCUT2D eigenvalue weighted by molar-refractivity contribution is 5.80. The van der Waals surface area contributed by atoms with Gasteiger partial charge >= 0.3 is 5.97 Å². The van der Waals surface area contributed by atoms with Crippen molar-refractivity contribution in [3.05, 3.63) is 35.1 Å². The van der Waals surface area contributed by atoms with Crippen molar-refractivity contribution in [2.45, 2.75) is 26.3 Å². The van der Waals surface area contributed by atoms with Crippen LogP contribution in [0.1, 0.15) is 24.0 Å². The van der Waals surface area contributed by atoms with E-state index in [0.29, 0.717) is 12.1 Å². The van der Waals surface area contributed by atoms with Gasteiger partial charge in [0.1, 0.15) is 5.82 Å². The smallest absolute Gasteiger partial charge is 0.303 e. The minimum atomic E-state index is -0.991. The highest BCUT2D eigenvalue weighted by atomic mass is 19.1. The molecule has 0 radical (unpaired) electrons. The normalized spacial score (nSPS) is 10.2. The minimum absolute atomic E-state index is 0.0218. The Morgan fingerprint density at radius 3 is 2.56 bits per heavy atom. The first-order valence-electron chi connectivity index (χ1n) is 5.61. The van der Waals surface area contributed by atoms with Crippen LogP contribution in [0.5, 0.6) is 0 Å². The quantitative estimate of drug-likeness (QED) is 0.872. The van der Waals surface area contributed by atoms with E-state index in [0.717, 1.165) is 5.56 Å². The zero-order chi connectivity index (χ0) is 13.7. The molecule has 5 heteroatoms. The van der Waals surface area contributed by atoms with Gasteiger partial charge in [0.05, 0.1) is 6.42 Å². The SMILES string of the molecule is Cc1cc(CN(C)C(=O)CCC(=O)O)ccc1F. The maximum atomic E-state index is 13.1. The van der Waals surface area contributed by atoms with Crippen molar-refractivity contribution in [1.29, 1.82) is 0 Å². The molecule has 0 aliphatic carbocycles. The molecular formula is C13H16FNO3. The zero-order valence-electron chi connectivity index (χ0n) is 10.4. The van der Waals surface area contributed by atoms with Crippen LogP contribution in [-0.2, 0) is 16.1 Å². The van der Waals surface area contributed by atoms with Crippen molar-refractivity contribution >= 4 is 11.9 Å². The molecular weight excluding hydrogens is 237 g/mol. The van der Waals surface area contributed by atoms with E-state index in [1.165, 1.54) is 11.0 Å². The first-order chi connectivity index (χ1) is 8.40. The fourth-order valence-electron chi connectivity index (χ4n) is 1.57. The number of aliphatic carboxylic acids is 1. The summed E-state index contributed by atoms with van der Waals surface area (Å²) in [6, 6.07) is 4.65. The van der Waals surface area contributed by atoms with Gasteiger partial charge in [-0.2, -0.15) is 0 Å². The van der Waals surface area contributed by atoms with Crippen LogP contribution in [0.3, 0.4) is 0 Å². The van der Waals surface area contributed by atoms with Crippen LogP contribution in [-0.4, -0.2) is 28.9 Å². The van der Waals surface area contributed by atoms with Crippen molar-refractivity contribution in [2.75, 3.05) is 7.05 Å². The number of aryl methyl sites for hydroxylation is 1. The third kappa shape index (κ3) is 4.16. The molecule has 0 saturated heterocycles. The fourth-order valence-corrected chi connectivity index (χ4v) is 1.57. The first kappa shape index (κ1) is 14.2. The van der Waals surface area contributed by atoms with Crippen molar-refractivity contribution in [3.63, 3.8) is 0 Å². The van der Waals surface area contributed by atoms with Gasteiger partial charge in [0, 0.05) is 20.0 Å². The number of hydrogen-bond acceptors (Lipinski definition) is 2. The van der Waals surface area contributed by atoms with Crippen LogP contribution >= 0.6 is 0 Å². The molecule has 0 bridgehead atoms. The van der Waals surface area contributed by atoms with Gasteiger partial charge in [-0.05, 0) is 24.1 Å². The van der Waals surface area contributed by atoms with E-state index < -0.39 is 5.97 Å². The molecule has 0 aromatic heterocycles. The predicted octanol–water partition coefficient (Wildman–Crippen LogP) is 1.96. The largest absolute Gasteiger partial charge is 0.481 e. The molecule has 0 atom stereocenters. The number of halogens is 1. The highest BCUT2D eigenvalue weighted by Crippen LogP contribution is 2.11. The molecule has 0 unspecified atom stereocenters. The van der Waals surface area contributed by atoms with E-state index in [-0.39, 0.29) is 24.6 Å². The van der Waals surface area contributed by atoms with Crippen LogP contribution in [0.4, 0.5) is 4.39 Å². The molecule has 1 N–H and O–H groups in total. The Labute approximate surface area is 105 Å². The molecule has 98 valence electrons. The van der Waals surface area contributed by atoms with Crippen molar-refractivity contribution < 1.29 is 19.1 Å². The Bertz CT molecular complexity index is 460. The molecule has 0 aliphatic heterocycles. The second-order valence-corrected chi connectivity index (χ2v) is 4.23. The molecule has 1 aromatic rings. The van der Waals surface area contributed by atoms with Crippen LogP contribution in [0.2, 0.25) is 0 Å². The van der Waals surface area contributed by atoms with Crippen molar-refractivity contribution in [1.82, 2.24) is 4.90 Å². The van der Waals surface area contributed by atoms with Gasteiger partial charge in [0.15, 0.2) is 0 Å². The fraction of sp³-hybridized carbons (Fsp3) is 0.385. The summed E-state index contributed by atoms with van der Waals surface area (Å²) in [4.78, 5) is 23.4. The second kappa shape index (κ2) is 6.14. The Balaban J connectivity index is 2.58. The molecule has 1 aromatic carbocycles. The lowest BCUT2D eigenvalue weighted by molar-refractivity contribution is -0.140. The van der Waals surface area contributed by atoms with Gasteiger partial charge in [-0.3, -0.25) is 9.59 Å². The van der Waals surface area contributed by atoms with Crippen LogP contribution in [0.25, 0.3) is 0 Å². The third-order valence-corrected chi connectivity index (χ3v) is 2.62. The average molecular weight is 253 g/mol. The Kier molecular flexibility index (Phi) is 4.83. The zero-order valence-corrected chi connectivity index (χ0v) is 10.4. The first-order valence-corrected chi connectivity index (χ1v) is 5.61. The molecule has 4 nitrogen and oxygen atoms in total. The molecule has 0 saturated carbocycles. The summed E-state index contributed by atoms with van der Waals surface area (Å²) in [7, 11) is 1.60. The summed E-state index contributed by atoms with van der Waals surface area (Å²) in [5.74, 6) is -1.51. The van der Waals surface area contributed by atoms with Gasteiger partial charge in [-0.15, -0.1) is 0 Å². The van der Waals surface area contributed by atoms with E-state index in [9.17, 15) is 14.0 Å². The molecule has 18 heavy (non-hydrogen) atoms. The molecule has 0 aliphatic rings. The molecule has 1 amide bonds. The maximum absolute atomic E-state index is 13.1. The Hall–Kier alpha value is -1.91. The molecule has 1 rings (SSSR count). The number of rotatable bonds is 5. The lowest BCUT2D eigenvalue weighted by atomic mass is 10.1. The number of nitrogens with zero attached hydrogens (tertiary/aromatic N) is 1. The lowest BCUT2D eigenvalue weighted by Crippen LogP contribution is -2.26. The second-order valence-electron chi connectivity index (χ2n) is 4.23. The van der Waals surface area contributed by atoms with Crippen molar-refractivity contribution in [2.24, 2.45) is 0 Å². The number of carbonyl (C=O) groups excluding carboxylic acids is 1. The summed E-state index contributed by atoms with van der Waals surface area (Å²) in [6.07, 6.45) is -0.197. The Morgan fingerprint density at radius 1 is 1.33 bits per heavy atom. The average Bonchev–Trinajstić information content (AvgIpc) is 2.30. The van der Waals surface area contributed by atoms with Gasteiger partial charge in [0.25, 0.3) is 0 Å². The summed E-state index contributed by atoms with van der Waals surface area (Å²) in [5, 5.41) is 8.49. The van der Waals surface area contributed by atoms with E-state index >= 15 is 0 Å². The molecule has 0 fully saturated rings. The summed E-state index contributed by atoms with van der Waals surface area (Å²) in [6.45, 7) is 2.00. The number of benzene rings is 1. The van der Waals surface area contributed by atoms with Crippen LogP contribution < -0.4 is 0 Å². The number of amides is 1. The molecule has 0 spiro atoms. The predicted molar refractivity (Wildman–Crippen MR) is 64.5 cm³/mol. The number of carboxylic acids is 1. The topological polar surface area (TPSA) is 57.6 Å². The minimum Gasteiger partial charge on any atom is -0.481 e. The Morgan fingerprint density at radius 2 is 2.00 bits per heavy atom. The van der Waals surface area contributed by atoms with E-state index in [1.54, 1.807) is 26.1 Å². The highest BCUT2D eigenvalue weighted by Gasteiger charge is 2.11. The summed E-state index contributed by atoms with van der Waals surface area (Å²) < 4.78 is 13.1. The number of carboxylic acid groups (broad SMARTS) is 1. The van der Waals surface area contributed by atoms with Gasteiger partial charge in [-0.1, -0.05) is 12.1 Å². The van der Waals surface area contributed by atoms with Gasteiger partial charge in [-0.25, -0.2) is 4.39 Å². The molecule has 0 heterocycles. The summed E-state index contributed by atoms with van der Waals surface area (Å²) >= 11 is 0. The van der Waals surface area contributed by atoms with Gasteiger partial charge < -0.3 is 10.0 Å². The lowest BCUT2D eigenvalue weighted by Gasteiger charge is -2.17. The summed E-state index contributed by atoms with van der Waals surface area (Å²) in [5.41, 5.74) is 1.35. The standard InChI is InChI=1S/C13H16FNO3/c1-9-7-10(3-4-11(9)14)8-15(2)12(16)5-6-13(17)18/h3-4,7H,5-6,8H2,1-2H3,(H,17,18). The van der Waals surface area contributed by atoms with E-state index in [2.05, 4.69) is 0 Å². The number of hydrogen-bond donors (Lipinski definition) is 1. The van der Waals surface area contributed by atoms with Gasteiger partial charge in [0.2, 0.25) is 5.91 Å². The monoisotopic (exact) mass is 253 g/mol. The van der Waals surface area contributed by atoms with E-state index in [4.69, 9.17) is 5.11 Å².